The van der Waals surface area contributed by atoms with E-state index < -0.39 is 35.0 Å². The molecule has 2 amide bonds. The number of nitrogens with zero attached hydrogens (tertiary/aromatic N) is 1. The Hall–Kier alpha value is -3.39. The number of carboxylic acids is 1. The summed E-state index contributed by atoms with van der Waals surface area (Å²) in [5, 5.41) is 12.3. The van der Waals surface area contributed by atoms with Gasteiger partial charge in [0.15, 0.2) is 0 Å². The molecular formula is C26H30N2O6. The molecule has 0 aromatic heterocycles. The van der Waals surface area contributed by atoms with Crippen molar-refractivity contribution >= 4 is 18.0 Å². The number of ether oxygens (including phenoxy) is 2. The average Bonchev–Trinajstić information content (AvgIpc) is 3.35. The number of likely N-dealkylation sites (N-methyl/N-ethyl adjacent to an activating group) is 1. The molecule has 34 heavy (non-hydrogen) atoms. The van der Waals surface area contributed by atoms with Gasteiger partial charge in [-0.05, 0) is 43.0 Å². The van der Waals surface area contributed by atoms with Gasteiger partial charge in [-0.2, -0.15) is 0 Å². The number of carbonyl (C=O) groups is 3. The first-order valence-electron chi connectivity index (χ1n) is 11.3. The summed E-state index contributed by atoms with van der Waals surface area (Å²) in [7, 11) is 1.45. The Morgan fingerprint density at radius 2 is 1.68 bits per heavy atom. The normalized spacial score (nSPS) is 21.5. The Kier molecular flexibility index (Phi) is 6.12. The van der Waals surface area contributed by atoms with Crippen LogP contribution in [-0.2, 0) is 19.1 Å². The molecular weight excluding hydrogens is 436 g/mol. The molecule has 2 unspecified atom stereocenters. The van der Waals surface area contributed by atoms with E-state index in [0.29, 0.717) is 0 Å². The fourth-order valence-corrected chi connectivity index (χ4v) is 4.65. The lowest BCUT2D eigenvalue weighted by Gasteiger charge is -2.38. The first-order chi connectivity index (χ1) is 16.1. The summed E-state index contributed by atoms with van der Waals surface area (Å²) in [6, 6.07) is 15.5. The Balaban J connectivity index is 1.44. The fraction of sp³-hybridized carbons (Fsp3) is 0.423. The minimum atomic E-state index is -1.41. The van der Waals surface area contributed by atoms with Crippen molar-refractivity contribution < 1.29 is 29.0 Å². The second-order valence-electron chi connectivity index (χ2n) is 9.68. The van der Waals surface area contributed by atoms with Gasteiger partial charge in [-0.1, -0.05) is 48.5 Å². The summed E-state index contributed by atoms with van der Waals surface area (Å²) >= 11 is 0. The Morgan fingerprint density at radius 1 is 1.12 bits per heavy atom. The zero-order chi connectivity index (χ0) is 24.7. The number of amides is 2. The highest BCUT2D eigenvalue weighted by molar-refractivity contribution is 5.90. The summed E-state index contributed by atoms with van der Waals surface area (Å²) in [4.78, 5) is 38.8. The molecule has 1 fully saturated rings. The molecule has 2 N–H and O–H groups in total. The summed E-state index contributed by atoms with van der Waals surface area (Å²) in [5.74, 6) is -1.61. The van der Waals surface area contributed by atoms with E-state index in [1.165, 1.54) is 25.8 Å². The van der Waals surface area contributed by atoms with Crippen LogP contribution >= 0.6 is 0 Å². The van der Waals surface area contributed by atoms with Crippen molar-refractivity contribution in [2.24, 2.45) is 5.41 Å². The van der Waals surface area contributed by atoms with Crippen LogP contribution in [0.1, 0.15) is 37.8 Å². The van der Waals surface area contributed by atoms with Gasteiger partial charge in [0.25, 0.3) is 0 Å². The van der Waals surface area contributed by atoms with Crippen LogP contribution in [0.3, 0.4) is 0 Å². The Labute approximate surface area is 198 Å². The molecule has 1 aliphatic carbocycles. The molecule has 0 spiro atoms. The maximum absolute atomic E-state index is 13.2. The van der Waals surface area contributed by atoms with Crippen molar-refractivity contribution in [3.8, 4) is 11.1 Å². The van der Waals surface area contributed by atoms with Gasteiger partial charge in [0.1, 0.15) is 12.1 Å². The maximum atomic E-state index is 13.2. The monoisotopic (exact) mass is 466 g/mol. The number of hydrogen-bond acceptors (Lipinski definition) is 5. The minimum absolute atomic E-state index is 0.0696. The average molecular weight is 467 g/mol. The van der Waals surface area contributed by atoms with Gasteiger partial charge in [0.2, 0.25) is 5.91 Å². The molecule has 2 aromatic rings. The van der Waals surface area contributed by atoms with E-state index in [1.54, 1.807) is 6.92 Å². The van der Waals surface area contributed by atoms with Crippen LogP contribution in [0.2, 0.25) is 0 Å². The van der Waals surface area contributed by atoms with Crippen LogP contribution in [0.15, 0.2) is 48.5 Å². The quantitative estimate of drug-likeness (QED) is 0.677. The predicted octanol–water partition coefficient (Wildman–Crippen LogP) is 3.25. The lowest BCUT2D eigenvalue weighted by Crippen LogP contribution is -2.59. The van der Waals surface area contributed by atoms with E-state index in [1.807, 2.05) is 36.4 Å². The number of hydrogen-bond donors (Lipinski definition) is 2. The van der Waals surface area contributed by atoms with Crippen molar-refractivity contribution in [3.63, 3.8) is 0 Å². The molecule has 8 nitrogen and oxygen atoms in total. The zero-order valence-electron chi connectivity index (χ0n) is 19.8. The molecule has 0 saturated carbocycles. The lowest BCUT2D eigenvalue weighted by atomic mass is 9.82. The first-order valence-corrected chi connectivity index (χ1v) is 11.3. The topological polar surface area (TPSA) is 105 Å². The standard InChI is InChI=1S/C26H30N2O6/c1-25(2,23(30)31)28(4)22(29)26(3)15-33-14-21(26)27-24(32)34-13-20-18-11-7-5-9-16(18)17-10-6-8-12-19(17)20/h5-12,20-21H,13-15H2,1-4H3,(H,27,32)(H,30,31). The van der Waals surface area contributed by atoms with Gasteiger partial charge in [0.05, 0.1) is 24.7 Å². The van der Waals surface area contributed by atoms with Crippen molar-refractivity contribution in [1.29, 1.82) is 0 Å². The van der Waals surface area contributed by atoms with Crippen molar-refractivity contribution in [3.05, 3.63) is 59.7 Å². The third-order valence-corrected chi connectivity index (χ3v) is 7.25. The van der Waals surface area contributed by atoms with E-state index in [-0.39, 0.29) is 25.7 Å². The number of alkyl carbamates (subject to hydrolysis) is 1. The van der Waals surface area contributed by atoms with Crippen LogP contribution in [0.5, 0.6) is 0 Å². The number of carbonyl (C=O) groups excluding carboxylic acids is 2. The third-order valence-electron chi connectivity index (χ3n) is 7.25. The first kappa shape index (κ1) is 23.8. The molecule has 1 aliphatic heterocycles. The second-order valence-corrected chi connectivity index (χ2v) is 9.68. The number of nitrogens with one attached hydrogen (secondary N) is 1. The van der Waals surface area contributed by atoms with Gasteiger partial charge in [-0.3, -0.25) is 4.79 Å². The van der Waals surface area contributed by atoms with Crippen LogP contribution in [0.4, 0.5) is 4.79 Å². The summed E-state index contributed by atoms with van der Waals surface area (Å²) in [6.07, 6.45) is -0.642. The smallest absolute Gasteiger partial charge is 0.407 e. The Morgan fingerprint density at radius 3 is 2.24 bits per heavy atom. The summed E-state index contributed by atoms with van der Waals surface area (Å²) in [6.45, 7) is 4.95. The van der Waals surface area contributed by atoms with E-state index >= 15 is 0 Å². The highest BCUT2D eigenvalue weighted by Gasteiger charge is 2.51. The van der Waals surface area contributed by atoms with Crippen LogP contribution in [-0.4, -0.2) is 66.4 Å². The van der Waals surface area contributed by atoms with E-state index in [4.69, 9.17) is 9.47 Å². The molecule has 4 rings (SSSR count). The molecule has 1 heterocycles. The summed E-state index contributed by atoms with van der Waals surface area (Å²) < 4.78 is 11.1. The Bertz CT molecular complexity index is 1080. The molecule has 2 aromatic carbocycles. The maximum Gasteiger partial charge on any atom is 0.407 e. The fourth-order valence-electron chi connectivity index (χ4n) is 4.65. The SMILES string of the molecule is CN(C(=O)C1(C)COCC1NC(=O)OCC1c2ccccc2-c2ccccc21)C(C)(C)C(=O)O. The highest BCUT2D eigenvalue weighted by atomic mass is 16.5. The summed E-state index contributed by atoms with van der Waals surface area (Å²) in [5.41, 5.74) is 1.97. The molecule has 2 atom stereocenters. The molecule has 1 saturated heterocycles. The highest BCUT2D eigenvalue weighted by Crippen LogP contribution is 2.44. The third kappa shape index (κ3) is 3.92. The lowest BCUT2D eigenvalue weighted by molar-refractivity contribution is -0.160. The van der Waals surface area contributed by atoms with Crippen molar-refractivity contribution in [2.75, 3.05) is 26.9 Å². The van der Waals surface area contributed by atoms with E-state index in [0.717, 1.165) is 22.3 Å². The molecule has 180 valence electrons. The predicted molar refractivity (Wildman–Crippen MR) is 125 cm³/mol. The molecule has 8 heteroatoms. The number of rotatable bonds is 6. The van der Waals surface area contributed by atoms with Gasteiger partial charge in [0, 0.05) is 13.0 Å². The minimum Gasteiger partial charge on any atom is -0.480 e. The van der Waals surface area contributed by atoms with Crippen molar-refractivity contribution in [2.45, 2.75) is 38.3 Å². The van der Waals surface area contributed by atoms with Crippen LogP contribution in [0, 0.1) is 5.41 Å². The number of carboxylic acid groups (broad SMARTS) is 1. The molecule has 2 aliphatic rings. The zero-order valence-corrected chi connectivity index (χ0v) is 19.8. The van der Waals surface area contributed by atoms with Gasteiger partial charge >= 0.3 is 12.1 Å². The van der Waals surface area contributed by atoms with Crippen molar-refractivity contribution in [1.82, 2.24) is 10.2 Å². The van der Waals surface area contributed by atoms with Gasteiger partial charge in [-0.15, -0.1) is 0 Å². The van der Waals surface area contributed by atoms with E-state index in [9.17, 15) is 19.5 Å². The number of fused-ring (bicyclic) bond motifs is 3. The second kappa shape index (κ2) is 8.76. The van der Waals surface area contributed by atoms with Gasteiger partial charge < -0.3 is 24.8 Å². The van der Waals surface area contributed by atoms with Crippen LogP contribution < -0.4 is 5.32 Å². The van der Waals surface area contributed by atoms with E-state index in [2.05, 4.69) is 17.4 Å². The number of aliphatic carboxylic acids is 1. The van der Waals surface area contributed by atoms with Crippen LogP contribution in [0.25, 0.3) is 11.1 Å². The number of benzene rings is 2. The van der Waals surface area contributed by atoms with Gasteiger partial charge in [-0.25, -0.2) is 9.59 Å². The molecule has 0 radical (unpaired) electrons. The molecule has 0 bridgehead atoms. The largest absolute Gasteiger partial charge is 0.480 e.